The minimum absolute atomic E-state index is 0.170. The maximum Gasteiger partial charge on any atom is 0.419 e. The minimum Gasteiger partial charge on any atom is -0.478 e. The molecule has 0 spiro atoms. The summed E-state index contributed by atoms with van der Waals surface area (Å²) in [5.74, 6) is -1.50. The molecule has 0 saturated heterocycles. The van der Waals surface area contributed by atoms with Crippen LogP contribution in [0.25, 0.3) is 16.7 Å². The first-order chi connectivity index (χ1) is 9.02. The highest BCUT2D eigenvalue weighted by molar-refractivity contribution is 5.91. The van der Waals surface area contributed by atoms with Gasteiger partial charge in [0, 0.05) is 20.2 Å². The Hall–Kier alpha value is -2.34. The second-order valence-electron chi connectivity index (χ2n) is 4.05. The van der Waals surface area contributed by atoms with Crippen molar-refractivity contribution in [3.05, 3.63) is 40.4 Å². The van der Waals surface area contributed by atoms with Gasteiger partial charge in [0.05, 0.1) is 12.1 Å². The number of rotatable bonds is 4. The third kappa shape index (κ3) is 2.58. The highest BCUT2D eigenvalue weighted by atomic mass is 16.5. The van der Waals surface area contributed by atoms with E-state index >= 15 is 0 Å². The number of carboxylic acids is 1. The molecule has 1 aromatic carbocycles. The van der Waals surface area contributed by atoms with Crippen LogP contribution in [0.2, 0.25) is 0 Å². The van der Waals surface area contributed by atoms with Crippen LogP contribution in [0.1, 0.15) is 5.56 Å². The second kappa shape index (κ2) is 5.11. The van der Waals surface area contributed by atoms with Gasteiger partial charge in [-0.15, -0.1) is 0 Å². The largest absolute Gasteiger partial charge is 0.478 e. The molecule has 0 aliphatic carbocycles. The summed E-state index contributed by atoms with van der Waals surface area (Å²) in [6, 6.07) is 5.03. The minimum atomic E-state index is -1.05. The number of aryl methyl sites for hydroxylation is 1. The zero-order valence-corrected chi connectivity index (χ0v) is 10.5. The molecule has 2 rings (SSSR count). The van der Waals surface area contributed by atoms with E-state index in [2.05, 4.69) is 0 Å². The molecule has 2 aromatic rings. The molecule has 0 radical (unpaired) electrons. The van der Waals surface area contributed by atoms with Gasteiger partial charge >= 0.3 is 11.7 Å². The normalized spacial score (nSPS) is 12.0. The van der Waals surface area contributed by atoms with E-state index in [0.29, 0.717) is 22.2 Å². The van der Waals surface area contributed by atoms with Crippen LogP contribution >= 0.6 is 0 Å². The predicted molar refractivity (Wildman–Crippen MR) is 68.9 cm³/mol. The number of benzene rings is 1. The van der Waals surface area contributed by atoms with Crippen molar-refractivity contribution < 1.29 is 19.1 Å². The fourth-order valence-electron chi connectivity index (χ4n) is 1.84. The summed E-state index contributed by atoms with van der Waals surface area (Å²) in [6.45, 7) is 0.170. The average molecular weight is 263 g/mol. The molecule has 19 heavy (non-hydrogen) atoms. The fourth-order valence-corrected chi connectivity index (χ4v) is 1.84. The molecule has 100 valence electrons. The van der Waals surface area contributed by atoms with Crippen LogP contribution in [0.5, 0.6) is 0 Å². The molecule has 6 nitrogen and oxygen atoms in total. The third-order valence-electron chi connectivity index (χ3n) is 2.76. The molecule has 1 N–H and O–H groups in total. The van der Waals surface area contributed by atoms with Crippen LogP contribution in [0.15, 0.2) is 33.5 Å². The number of aromatic nitrogens is 1. The molecule has 0 bridgehead atoms. The maximum absolute atomic E-state index is 11.4. The van der Waals surface area contributed by atoms with E-state index in [1.165, 1.54) is 11.7 Å². The molecule has 1 aromatic heterocycles. The van der Waals surface area contributed by atoms with E-state index in [-0.39, 0.29) is 6.61 Å². The monoisotopic (exact) mass is 263 g/mol. The number of carbonyl (C=O) groups is 1. The smallest absolute Gasteiger partial charge is 0.419 e. The number of methoxy groups -OCH3 is 1. The van der Waals surface area contributed by atoms with Crippen molar-refractivity contribution in [1.82, 2.24) is 4.57 Å². The Labute approximate surface area is 108 Å². The van der Waals surface area contributed by atoms with Crippen LogP contribution in [0.3, 0.4) is 0 Å². The lowest BCUT2D eigenvalue weighted by atomic mass is 10.1. The van der Waals surface area contributed by atoms with Gasteiger partial charge in [0.15, 0.2) is 5.58 Å². The number of aliphatic carboxylic acids is 1. The first-order valence-electron chi connectivity index (χ1n) is 5.55. The Morgan fingerprint density at radius 2 is 2.26 bits per heavy atom. The van der Waals surface area contributed by atoms with Gasteiger partial charge in [-0.3, -0.25) is 4.57 Å². The average Bonchev–Trinajstić information content (AvgIpc) is 2.64. The molecule has 0 amide bonds. The Morgan fingerprint density at radius 3 is 2.89 bits per heavy atom. The van der Waals surface area contributed by atoms with Gasteiger partial charge in [-0.05, 0) is 23.3 Å². The third-order valence-corrected chi connectivity index (χ3v) is 2.76. The molecular weight excluding hydrogens is 250 g/mol. The van der Waals surface area contributed by atoms with E-state index in [1.54, 1.807) is 25.2 Å². The van der Waals surface area contributed by atoms with E-state index in [0.717, 1.165) is 6.08 Å². The van der Waals surface area contributed by atoms with Crippen LogP contribution in [-0.2, 0) is 16.6 Å². The van der Waals surface area contributed by atoms with Crippen LogP contribution in [-0.4, -0.2) is 29.4 Å². The number of hydrogen-bond donors (Lipinski definition) is 1. The zero-order valence-electron chi connectivity index (χ0n) is 10.5. The Morgan fingerprint density at radius 1 is 1.53 bits per heavy atom. The number of ether oxygens (including phenoxy) is 1. The Balaban J connectivity index is 2.57. The van der Waals surface area contributed by atoms with Gasteiger partial charge in [-0.25, -0.2) is 9.59 Å². The molecule has 0 unspecified atom stereocenters. The predicted octanol–water partition coefficient (Wildman–Crippen LogP) is 1.25. The molecular formula is C13H13NO5. The Kier molecular flexibility index (Phi) is 3.52. The van der Waals surface area contributed by atoms with Crippen LogP contribution < -0.4 is 5.76 Å². The lowest BCUT2D eigenvalue weighted by molar-refractivity contribution is -0.131. The summed E-state index contributed by atoms with van der Waals surface area (Å²) in [7, 11) is 3.08. The van der Waals surface area contributed by atoms with E-state index < -0.39 is 11.7 Å². The standard InChI is InChI=1S/C13H13NO5/c1-14-10-5-8(3-4-11(10)19-13(14)17)9(7-18-2)6-12(15)16/h3-6H,7H2,1-2H3,(H,15,16)/b9-6+. The van der Waals surface area contributed by atoms with Crippen molar-refractivity contribution in [2.75, 3.05) is 13.7 Å². The Bertz CT molecular complexity index is 707. The van der Waals surface area contributed by atoms with Crippen LogP contribution in [0, 0.1) is 0 Å². The molecule has 0 aliphatic rings. The summed E-state index contributed by atoms with van der Waals surface area (Å²) in [6.07, 6.45) is 1.09. The van der Waals surface area contributed by atoms with E-state index in [1.807, 2.05) is 0 Å². The second-order valence-corrected chi connectivity index (χ2v) is 4.05. The van der Waals surface area contributed by atoms with Gasteiger partial charge in [0.25, 0.3) is 0 Å². The number of hydrogen-bond acceptors (Lipinski definition) is 4. The number of carboxylic acid groups (broad SMARTS) is 1. The van der Waals surface area contributed by atoms with E-state index in [9.17, 15) is 9.59 Å². The summed E-state index contributed by atoms with van der Waals surface area (Å²) in [4.78, 5) is 22.2. The topological polar surface area (TPSA) is 81.7 Å². The van der Waals surface area contributed by atoms with Crippen molar-refractivity contribution in [3.63, 3.8) is 0 Å². The highest BCUT2D eigenvalue weighted by Gasteiger charge is 2.10. The molecule has 0 saturated carbocycles. The van der Waals surface area contributed by atoms with Gasteiger partial charge in [0.2, 0.25) is 0 Å². The van der Waals surface area contributed by atoms with Gasteiger partial charge in [-0.2, -0.15) is 0 Å². The lowest BCUT2D eigenvalue weighted by Crippen LogP contribution is -2.08. The summed E-state index contributed by atoms with van der Waals surface area (Å²) in [5.41, 5.74) is 2.26. The van der Waals surface area contributed by atoms with Crippen molar-refractivity contribution in [1.29, 1.82) is 0 Å². The van der Waals surface area contributed by atoms with Crippen molar-refractivity contribution in [3.8, 4) is 0 Å². The fraction of sp³-hybridized carbons (Fsp3) is 0.231. The number of oxazole rings is 1. The molecule has 1 heterocycles. The van der Waals surface area contributed by atoms with Crippen molar-refractivity contribution >= 4 is 22.6 Å². The molecule has 6 heteroatoms. The molecule has 0 aliphatic heterocycles. The quantitative estimate of drug-likeness (QED) is 0.839. The van der Waals surface area contributed by atoms with E-state index in [4.69, 9.17) is 14.3 Å². The van der Waals surface area contributed by atoms with Crippen molar-refractivity contribution in [2.45, 2.75) is 0 Å². The van der Waals surface area contributed by atoms with Gasteiger partial charge in [-0.1, -0.05) is 6.07 Å². The SMILES string of the molecule is COC/C(=C\C(=O)O)c1ccc2oc(=O)n(C)c2c1. The molecule has 0 fully saturated rings. The number of fused-ring (bicyclic) bond motifs is 1. The maximum atomic E-state index is 11.4. The van der Waals surface area contributed by atoms with Crippen molar-refractivity contribution in [2.24, 2.45) is 7.05 Å². The number of nitrogens with zero attached hydrogens (tertiary/aromatic N) is 1. The van der Waals surface area contributed by atoms with Gasteiger partial charge in [0.1, 0.15) is 0 Å². The molecule has 0 atom stereocenters. The zero-order chi connectivity index (χ0) is 14.0. The summed E-state index contributed by atoms with van der Waals surface area (Å²) in [5, 5.41) is 8.84. The van der Waals surface area contributed by atoms with Crippen LogP contribution in [0.4, 0.5) is 0 Å². The first-order valence-corrected chi connectivity index (χ1v) is 5.55. The first kappa shape index (κ1) is 13.1. The highest BCUT2D eigenvalue weighted by Crippen LogP contribution is 2.20. The summed E-state index contributed by atoms with van der Waals surface area (Å²) < 4.78 is 11.4. The summed E-state index contributed by atoms with van der Waals surface area (Å²) >= 11 is 0. The van der Waals surface area contributed by atoms with Gasteiger partial charge < -0.3 is 14.3 Å². The lowest BCUT2D eigenvalue weighted by Gasteiger charge is -2.06.